The molecule has 1 aromatic heterocycles. The normalized spacial score (nSPS) is 16.1. The van der Waals surface area contributed by atoms with Gasteiger partial charge in [-0.2, -0.15) is 9.40 Å². The Morgan fingerprint density at radius 1 is 1.15 bits per heavy atom. The second-order valence-electron chi connectivity index (χ2n) is 6.55. The summed E-state index contributed by atoms with van der Waals surface area (Å²) < 4.78 is 32.7. The molecule has 1 aliphatic heterocycles. The number of carbonyl (C=O) groups is 1. The molecule has 2 heterocycles. The Balaban J connectivity index is 1.62. The van der Waals surface area contributed by atoms with Crippen LogP contribution in [0.2, 0.25) is 0 Å². The average Bonchev–Trinajstić information content (AvgIpc) is 2.86. The maximum absolute atomic E-state index is 13.0. The Bertz CT molecular complexity index is 876. The number of sulfonamides is 1. The maximum Gasteiger partial charge on any atom is 0.410 e. The number of nitrogens with zero attached hydrogens (tertiary/aromatic N) is 3. The zero-order valence-corrected chi connectivity index (χ0v) is 16.3. The number of aryl methyl sites for hydroxylation is 2. The van der Waals surface area contributed by atoms with Crippen molar-refractivity contribution in [2.24, 2.45) is 0 Å². The molecule has 1 fully saturated rings. The molecule has 1 saturated heterocycles. The molecule has 0 unspecified atom stereocenters. The lowest BCUT2D eigenvalue weighted by molar-refractivity contribution is 0.0980. The van der Waals surface area contributed by atoms with Crippen LogP contribution in [0, 0.1) is 13.8 Å². The molecule has 0 spiro atoms. The number of hydrogen-bond acceptors (Lipinski definition) is 5. The van der Waals surface area contributed by atoms with Crippen molar-refractivity contribution in [3.8, 4) is 0 Å². The smallest absolute Gasteiger partial charge is 0.410 e. The van der Waals surface area contributed by atoms with Crippen molar-refractivity contribution in [1.82, 2.24) is 19.4 Å². The van der Waals surface area contributed by atoms with Crippen LogP contribution in [0.25, 0.3) is 0 Å². The van der Waals surface area contributed by atoms with E-state index in [1.165, 1.54) is 4.31 Å². The standard InChI is InChI=1S/C18H24N4O4S/c1-14-17(15(2)20-19-14)27(24,25)22-10-6-9-21(11-12-22)18(23)26-13-16-7-4-3-5-8-16/h3-5,7-8H,6,9-13H2,1-2H3,(H,19,20). The van der Waals surface area contributed by atoms with Crippen molar-refractivity contribution < 1.29 is 17.9 Å². The summed E-state index contributed by atoms with van der Waals surface area (Å²) in [6, 6.07) is 9.45. The number of ether oxygens (including phenoxy) is 1. The lowest BCUT2D eigenvalue weighted by Crippen LogP contribution is -2.37. The maximum atomic E-state index is 13.0. The van der Waals surface area contributed by atoms with E-state index < -0.39 is 16.1 Å². The average molecular weight is 392 g/mol. The molecule has 0 radical (unpaired) electrons. The van der Waals surface area contributed by atoms with Gasteiger partial charge in [-0.1, -0.05) is 30.3 Å². The second-order valence-corrected chi connectivity index (χ2v) is 8.42. The number of nitrogens with one attached hydrogen (secondary N) is 1. The second kappa shape index (κ2) is 8.10. The zero-order chi connectivity index (χ0) is 19.4. The molecule has 27 heavy (non-hydrogen) atoms. The molecule has 9 heteroatoms. The highest BCUT2D eigenvalue weighted by atomic mass is 32.2. The molecule has 1 amide bonds. The molecule has 0 atom stereocenters. The van der Waals surface area contributed by atoms with Crippen LogP contribution in [-0.4, -0.2) is 60.1 Å². The largest absolute Gasteiger partial charge is 0.445 e. The predicted octanol–water partition coefficient (Wildman–Crippen LogP) is 2.06. The summed E-state index contributed by atoms with van der Waals surface area (Å²) in [6.07, 6.45) is 0.129. The molecule has 146 valence electrons. The van der Waals surface area contributed by atoms with Crippen molar-refractivity contribution in [3.05, 3.63) is 47.3 Å². The Morgan fingerprint density at radius 2 is 1.89 bits per heavy atom. The zero-order valence-electron chi connectivity index (χ0n) is 15.5. The van der Waals surface area contributed by atoms with Gasteiger partial charge in [-0.05, 0) is 25.8 Å². The Morgan fingerprint density at radius 3 is 2.56 bits per heavy atom. The number of rotatable bonds is 4. The van der Waals surface area contributed by atoms with E-state index in [1.54, 1.807) is 18.7 Å². The van der Waals surface area contributed by atoms with Gasteiger partial charge in [0.25, 0.3) is 0 Å². The van der Waals surface area contributed by atoms with Crippen LogP contribution in [0.4, 0.5) is 4.79 Å². The number of benzene rings is 1. The van der Waals surface area contributed by atoms with E-state index in [0.29, 0.717) is 37.4 Å². The number of hydrogen-bond donors (Lipinski definition) is 1. The fourth-order valence-corrected chi connectivity index (χ4v) is 4.98. The summed E-state index contributed by atoms with van der Waals surface area (Å²) in [6.45, 7) is 4.90. The predicted molar refractivity (Wildman–Crippen MR) is 99.6 cm³/mol. The Kier molecular flexibility index (Phi) is 5.81. The van der Waals surface area contributed by atoms with E-state index in [9.17, 15) is 13.2 Å². The van der Waals surface area contributed by atoms with Gasteiger partial charge in [0.2, 0.25) is 10.0 Å². The SMILES string of the molecule is Cc1n[nH]c(C)c1S(=O)(=O)N1CCCN(C(=O)OCc2ccccc2)CC1. The first kappa shape index (κ1) is 19.4. The lowest BCUT2D eigenvalue weighted by Gasteiger charge is -2.21. The summed E-state index contributed by atoms with van der Waals surface area (Å²) in [4.78, 5) is 14.1. The molecule has 1 aliphatic rings. The third-order valence-electron chi connectivity index (χ3n) is 4.58. The van der Waals surface area contributed by atoms with E-state index in [1.807, 2.05) is 30.3 Å². The van der Waals surface area contributed by atoms with Crippen LogP contribution < -0.4 is 0 Å². The van der Waals surface area contributed by atoms with E-state index in [4.69, 9.17) is 4.74 Å². The molecule has 0 aliphatic carbocycles. The van der Waals surface area contributed by atoms with Gasteiger partial charge < -0.3 is 9.64 Å². The molecular weight excluding hydrogens is 368 g/mol. The summed E-state index contributed by atoms with van der Waals surface area (Å²) >= 11 is 0. The van der Waals surface area contributed by atoms with Gasteiger partial charge in [-0.25, -0.2) is 13.2 Å². The number of carbonyl (C=O) groups excluding carboxylic acids is 1. The van der Waals surface area contributed by atoms with Gasteiger partial charge in [-0.15, -0.1) is 0 Å². The quantitative estimate of drug-likeness (QED) is 0.859. The molecule has 8 nitrogen and oxygen atoms in total. The molecule has 3 rings (SSSR count). The topological polar surface area (TPSA) is 95.6 Å². The Hall–Kier alpha value is -2.39. The highest BCUT2D eigenvalue weighted by molar-refractivity contribution is 7.89. The van der Waals surface area contributed by atoms with Crippen LogP contribution in [0.3, 0.4) is 0 Å². The monoisotopic (exact) mass is 392 g/mol. The van der Waals surface area contributed by atoms with E-state index >= 15 is 0 Å². The summed E-state index contributed by atoms with van der Waals surface area (Å²) in [5.74, 6) is 0. The molecule has 2 aromatic rings. The van der Waals surface area contributed by atoms with Crippen LogP contribution >= 0.6 is 0 Å². The van der Waals surface area contributed by atoms with Crippen molar-refractivity contribution in [3.63, 3.8) is 0 Å². The van der Waals surface area contributed by atoms with Crippen LogP contribution in [0.5, 0.6) is 0 Å². The van der Waals surface area contributed by atoms with Crippen LogP contribution in [0.1, 0.15) is 23.4 Å². The number of H-pyrrole nitrogens is 1. The fraction of sp³-hybridized carbons (Fsp3) is 0.444. The minimum atomic E-state index is -3.65. The van der Waals surface area contributed by atoms with Crippen LogP contribution in [-0.2, 0) is 21.4 Å². The van der Waals surface area contributed by atoms with Gasteiger partial charge in [0.05, 0.1) is 11.4 Å². The molecular formula is C18H24N4O4S. The Labute approximate surface area is 159 Å². The van der Waals surface area contributed by atoms with Gasteiger partial charge in [0.1, 0.15) is 11.5 Å². The molecule has 0 saturated carbocycles. The first-order valence-corrected chi connectivity index (χ1v) is 10.3. The first-order chi connectivity index (χ1) is 12.9. The first-order valence-electron chi connectivity index (χ1n) is 8.87. The summed E-state index contributed by atoms with van der Waals surface area (Å²) in [7, 11) is -3.65. The van der Waals surface area contributed by atoms with E-state index in [2.05, 4.69) is 10.2 Å². The minimum Gasteiger partial charge on any atom is -0.445 e. The van der Waals surface area contributed by atoms with Gasteiger partial charge in [0.15, 0.2) is 0 Å². The third-order valence-corrected chi connectivity index (χ3v) is 6.74. The van der Waals surface area contributed by atoms with Crippen LogP contribution in [0.15, 0.2) is 35.2 Å². The third kappa shape index (κ3) is 4.30. The minimum absolute atomic E-state index is 0.200. The highest BCUT2D eigenvalue weighted by Crippen LogP contribution is 2.23. The molecule has 1 N–H and O–H groups in total. The fourth-order valence-electron chi connectivity index (χ4n) is 3.18. The molecule has 0 bridgehead atoms. The highest BCUT2D eigenvalue weighted by Gasteiger charge is 2.32. The van der Waals surface area contributed by atoms with Gasteiger partial charge >= 0.3 is 6.09 Å². The number of aromatic amines is 1. The number of aromatic nitrogens is 2. The van der Waals surface area contributed by atoms with Crippen molar-refractivity contribution in [2.75, 3.05) is 26.2 Å². The number of amides is 1. The summed E-state index contributed by atoms with van der Waals surface area (Å²) in [5, 5.41) is 6.70. The molecule has 1 aromatic carbocycles. The van der Waals surface area contributed by atoms with E-state index in [0.717, 1.165) is 5.56 Å². The van der Waals surface area contributed by atoms with Crippen molar-refractivity contribution >= 4 is 16.1 Å². The van der Waals surface area contributed by atoms with Gasteiger partial charge in [0, 0.05) is 26.2 Å². The van der Waals surface area contributed by atoms with Crippen molar-refractivity contribution in [1.29, 1.82) is 0 Å². The lowest BCUT2D eigenvalue weighted by atomic mass is 10.2. The van der Waals surface area contributed by atoms with Crippen molar-refractivity contribution in [2.45, 2.75) is 31.8 Å². The summed E-state index contributed by atoms with van der Waals surface area (Å²) in [5.41, 5.74) is 1.89. The van der Waals surface area contributed by atoms with Gasteiger partial charge in [-0.3, -0.25) is 5.10 Å². The van der Waals surface area contributed by atoms with E-state index in [-0.39, 0.29) is 18.0 Å².